The van der Waals surface area contributed by atoms with E-state index in [9.17, 15) is 4.79 Å². The second-order valence-electron chi connectivity index (χ2n) is 5.13. The number of hydrogen-bond donors (Lipinski definition) is 1. The molecular formula is C17H17N3O2S. The maximum absolute atomic E-state index is 12.4. The highest BCUT2D eigenvalue weighted by atomic mass is 32.1. The Hall–Kier alpha value is -2.47. The largest absolute Gasteiger partial charge is 0.339 e. The number of carbonyl (C=O) groups excluding carboxylic acids is 1. The summed E-state index contributed by atoms with van der Waals surface area (Å²) in [5, 5.41) is 10.7. The van der Waals surface area contributed by atoms with Gasteiger partial charge in [0.15, 0.2) is 5.82 Å². The molecule has 1 atom stereocenters. The summed E-state index contributed by atoms with van der Waals surface area (Å²) < 4.78 is 5.27. The van der Waals surface area contributed by atoms with Gasteiger partial charge >= 0.3 is 0 Å². The number of nitrogens with one attached hydrogen (secondary N) is 1. The molecule has 0 bridgehead atoms. The monoisotopic (exact) mass is 327 g/mol. The van der Waals surface area contributed by atoms with Crippen LogP contribution in [0.5, 0.6) is 0 Å². The summed E-state index contributed by atoms with van der Waals surface area (Å²) in [7, 11) is 0. The highest BCUT2D eigenvalue weighted by molar-refractivity contribution is 7.08. The lowest BCUT2D eigenvalue weighted by Crippen LogP contribution is -2.29. The van der Waals surface area contributed by atoms with Gasteiger partial charge in [0.2, 0.25) is 5.89 Å². The molecule has 2 heterocycles. The standard InChI is InChI=1S/C17H17N3O2S/c1-2-6-14-18-16(20-22-14)15(12-7-4-3-5-8-12)19-17(21)13-9-10-23-11-13/h3-5,7-11,15H,2,6H2,1H3,(H,19,21)/t15-/m1/s1. The minimum Gasteiger partial charge on any atom is -0.339 e. The summed E-state index contributed by atoms with van der Waals surface area (Å²) in [5.74, 6) is 0.915. The summed E-state index contributed by atoms with van der Waals surface area (Å²) in [4.78, 5) is 16.8. The Morgan fingerprint density at radius 2 is 2.13 bits per heavy atom. The van der Waals surface area contributed by atoms with Crippen molar-refractivity contribution in [1.82, 2.24) is 15.5 Å². The van der Waals surface area contributed by atoms with E-state index in [1.54, 1.807) is 6.07 Å². The molecule has 0 fully saturated rings. The Labute approximate surface area is 138 Å². The van der Waals surface area contributed by atoms with Crippen LogP contribution in [0, 0.1) is 0 Å². The summed E-state index contributed by atoms with van der Waals surface area (Å²) in [6.07, 6.45) is 1.66. The number of aryl methyl sites for hydroxylation is 1. The zero-order valence-corrected chi connectivity index (χ0v) is 13.5. The van der Waals surface area contributed by atoms with Gasteiger partial charge in [-0.25, -0.2) is 0 Å². The number of rotatable bonds is 6. The molecule has 1 N–H and O–H groups in total. The molecule has 0 saturated heterocycles. The maximum Gasteiger partial charge on any atom is 0.252 e. The molecule has 118 valence electrons. The highest BCUT2D eigenvalue weighted by Crippen LogP contribution is 2.21. The lowest BCUT2D eigenvalue weighted by Gasteiger charge is -2.15. The first-order chi connectivity index (χ1) is 11.3. The van der Waals surface area contributed by atoms with Gasteiger partial charge in [0, 0.05) is 11.8 Å². The van der Waals surface area contributed by atoms with Crippen LogP contribution < -0.4 is 5.32 Å². The predicted octanol–water partition coefficient (Wildman–Crippen LogP) is 3.60. The van der Waals surface area contributed by atoms with Crippen LogP contribution in [0.3, 0.4) is 0 Å². The zero-order chi connectivity index (χ0) is 16.1. The van der Waals surface area contributed by atoms with E-state index in [1.807, 2.05) is 41.1 Å². The van der Waals surface area contributed by atoms with E-state index >= 15 is 0 Å². The van der Waals surface area contributed by atoms with E-state index in [1.165, 1.54) is 11.3 Å². The van der Waals surface area contributed by atoms with Gasteiger partial charge in [-0.3, -0.25) is 4.79 Å². The third-order valence-electron chi connectivity index (χ3n) is 3.40. The van der Waals surface area contributed by atoms with Crippen LogP contribution >= 0.6 is 11.3 Å². The summed E-state index contributed by atoms with van der Waals surface area (Å²) in [5.41, 5.74) is 1.55. The van der Waals surface area contributed by atoms with Gasteiger partial charge in [-0.1, -0.05) is 42.4 Å². The number of carbonyl (C=O) groups is 1. The van der Waals surface area contributed by atoms with Gasteiger partial charge in [0.05, 0.1) is 5.56 Å². The molecule has 0 spiro atoms. The Morgan fingerprint density at radius 3 is 2.83 bits per heavy atom. The SMILES string of the molecule is CCCc1nc([C@H](NC(=O)c2ccsc2)c2ccccc2)no1. The first-order valence-corrected chi connectivity index (χ1v) is 8.42. The van der Waals surface area contributed by atoms with Crippen molar-refractivity contribution in [2.24, 2.45) is 0 Å². The van der Waals surface area contributed by atoms with Crippen LogP contribution in [0.4, 0.5) is 0 Å². The molecular weight excluding hydrogens is 310 g/mol. The topological polar surface area (TPSA) is 68.0 Å². The lowest BCUT2D eigenvalue weighted by molar-refractivity contribution is 0.0941. The van der Waals surface area contributed by atoms with Gasteiger partial charge in [0.25, 0.3) is 5.91 Å². The number of aromatic nitrogens is 2. The van der Waals surface area contributed by atoms with Crippen LogP contribution in [0.1, 0.15) is 47.0 Å². The van der Waals surface area contributed by atoms with Crippen molar-refractivity contribution in [3.8, 4) is 0 Å². The fourth-order valence-electron chi connectivity index (χ4n) is 2.25. The van der Waals surface area contributed by atoms with Crippen molar-refractivity contribution < 1.29 is 9.32 Å². The van der Waals surface area contributed by atoms with Crippen molar-refractivity contribution >= 4 is 17.2 Å². The number of benzene rings is 1. The van der Waals surface area contributed by atoms with Gasteiger partial charge in [-0.2, -0.15) is 16.3 Å². The maximum atomic E-state index is 12.4. The molecule has 0 saturated carbocycles. The van der Waals surface area contributed by atoms with Crippen molar-refractivity contribution in [3.05, 3.63) is 70.0 Å². The molecule has 3 aromatic rings. The summed E-state index contributed by atoms with van der Waals surface area (Å²) >= 11 is 1.49. The average molecular weight is 327 g/mol. The lowest BCUT2D eigenvalue weighted by atomic mass is 10.1. The van der Waals surface area contributed by atoms with E-state index in [0.717, 1.165) is 18.4 Å². The molecule has 3 rings (SSSR count). The van der Waals surface area contributed by atoms with E-state index in [4.69, 9.17) is 4.52 Å². The fraction of sp³-hybridized carbons (Fsp3) is 0.235. The molecule has 0 aliphatic heterocycles. The van der Waals surface area contributed by atoms with E-state index in [0.29, 0.717) is 17.3 Å². The third-order valence-corrected chi connectivity index (χ3v) is 4.08. The number of nitrogens with zero attached hydrogens (tertiary/aromatic N) is 2. The van der Waals surface area contributed by atoms with Crippen molar-refractivity contribution in [1.29, 1.82) is 0 Å². The Kier molecular flexibility index (Phi) is 4.83. The van der Waals surface area contributed by atoms with Crippen LogP contribution in [0.15, 0.2) is 51.7 Å². The van der Waals surface area contributed by atoms with Crippen LogP contribution in [0.25, 0.3) is 0 Å². The average Bonchev–Trinajstić information content (AvgIpc) is 3.25. The zero-order valence-electron chi connectivity index (χ0n) is 12.7. The molecule has 6 heteroatoms. The van der Waals surface area contributed by atoms with E-state index in [-0.39, 0.29) is 5.91 Å². The highest BCUT2D eigenvalue weighted by Gasteiger charge is 2.23. The molecule has 5 nitrogen and oxygen atoms in total. The molecule has 1 amide bonds. The van der Waals surface area contributed by atoms with Crippen molar-refractivity contribution in [2.75, 3.05) is 0 Å². The molecule has 23 heavy (non-hydrogen) atoms. The minimum absolute atomic E-state index is 0.151. The summed E-state index contributed by atoms with van der Waals surface area (Å²) in [6.45, 7) is 2.05. The van der Waals surface area contributed by atoms with E-state index < -0.39 is 6.04 Å². The third kappa shape index (κ3) is 3.65. The van der Waals surface area contributed by atoms with Crippen molar-refractivity contribution in [2.45, 2.75) is 25.8 Å². The summed E-state index contributed by atoms with van der Waals surface area (Å²) in [6, 6.07) is 11.0. The minimum atomic E-state index is -0.432. The molecule has 0 aliphatic rings. The molecule has 0 radical (unpaired) electrons. The first kappa shape index (κ1) is 15.4. The quantitative estimate of drug-likeness (QED) is 0.751. The van der Waals surface area contributed by atoms with Crippen LogP contribution in [-0.2, 0) is 6.42 Å². The Bertz CT molecular complexity index is 753. The van der Waals surface area contributed by atoms with Crippen LogP contribution in [0.2, 0.25) is 0 Å². The van der Waals surface area contributed by atoms with Gasteiger partial charge in [-0.05, 0) is 23.4 Å². The van der Waals surface area contributed by atoms with Gasteiger partial charge in [-0.15, -0.1) is 0 Å². The molecule has 2 aromatic heterocycles. The molecule has 1 aromatic carbocycles. The molecule has 0 unspecified atom stereocenters. The Balaban J connectivity index is 1.88. The predicted molar refractivity (Wildman–Crippen MR) is 88.4 cm³/mol. The molecule has 0 aliphatic carbocycles. The van der Waals surface area contributed by atoms with Crippen LogP contribution in [-0.4, -0.2) is 16.0 Å². The van der Waals surface area contributed by atoms with Gasteiger partial charge < -0.3 is 9.84 Å². The fourth-order valence-corrected chi connectivity index (χ4v) is 2.89. The second kappa shape index (κ2) is 7.19. The Morgan fingerprint density at radius 1 is 1.30 bits per heavy atom. The van der Waals surface area contributed by atoms with Gasteiger partial charge in [0.1, 0.15) is 6.04 Å². The second-order valence-corrected chi connectivity index (χ2v) is 5.91. The number of thiophene rings is 1. The van der Waals surface area contributed by atoms with E-state index in [2.05, 4.69) is 22.4 Å². The van der Waals surface area contributed by atoms with Crippen molar-refractivity contribution in [3.63, 3.8) is 0 Å². The normalized spacial score (nSPS) is 12.0. The first-order valence-electron chi connectivity index (χ1n) is 7.48. The number of hydrogen-bond acceptors (Lipinski definition) is 5. The smallest absolute Gasteiger partial charge is 0.252 e. The number of amides is 1.